The molecule has 0 saturated carbocycles. The van der Waals surface area contributed by atoms with Crippen molar-refractivity contribution in [1.29, 1.82) is 0 Å². The molecule has 1 aromatic heterocycles. The van der Waals surface area contributed by atoms with Gasteiger partial charge in [-0.25, -0.2) is 4.79 Å². The van der Waals surface area contributed by atoms with E-state index in [2.05, 4.69) is 26.1 Å². The van der Waals surface area contributed by atoms with Crippen LogP contribution in [0.1, 0.15) is 32.1 Å². The lowest BCUT2D eigenvalue weighted by Crippen LogP contribution is -2.42. The van der Waals surface area contributed by atoms with Crippen LogP contribution >= 0.6 is 11.3 Å². The molecule has 0 fully saturated rings. The summed E-state index contributed by atoms with van der Waals surface area (Å²) in [5.74, 6) is 0.609. The fourth-order valence-electron chi connectivity index (χ4n) is 1.74. The SMILES string of the molecule is CC(C)C[C@H](C)N(C)C(=O)NCc1cccs1. The molecule has 1 rings (SSSR count). The zero-order chi connectivity index (χ0) is 12.8. The second-order valence-electron chi connectivity index (χ2n) is 4.83. The van der Waals surface area contributed by atoms with Crippen molar-refractivity contribution in [2.75, 3.05) is 7.05 Å². The zero-order valence-electron chi connectivity index (χ0n) is 11.1. The number of urea groups is 1. The maximum absolute atomic E-state index is 11.9. The van der Waals surface area contributed by atoms with Crippen LogP contribution in [0, 0.1) is 5.92 Å². The quantitative estimate of drug-likeness (QED) is 0.859. The van der Waals surface area contributed by atoms with E-state index in [1.54, 1.807) is 16.2 Å². The predicted molar refractivity (Wildman–Crippen MR) is 73.2 cm³/mol. The number of amides is 2. The molecule has 0 aliphatic heterocycles. The van der Waals surface area contributed by atoms with Gasteiger partial charge in [0.1, 0.15) is 0 Å². The van der Waals surface area contributed by atoms with Crippen LogP contribution in [0.5, 0.6) is 0 Å². The van der Waals surface area contributed by atoms with Crippen LogP contribution < -0.4 is 5.32 Å². The van der Waals surface area contributed by atoms with Gasteiger partial charge in [0.15, 0.2) is 0 Å². The van der Waals surface area contributed by atoms with E-state index in [0.717, 1.165) is 6.42 Å². The molecule has 0 saturated heterocycles. The molecule has 4 heteroatoms. The van der Waals surface area contributed by atoms with Crippen LogP contribution in [-0.4, -0.2) is 24.0 Å². The van der Waals surface area contributed by atoms with Gasteiger partial charge in [-0.15, -0.1) is 11.3 Å². The highest BCUT2D eigenvalue weighted by molar-refractivity contribution is 7.09. The molecule has 0 bridgehead atoms. The summed E-state index contributed by atoms with van der Waals surface area (Å²) in [6.45, 7) is 7.06. The Morgan fingerprint density at radius 1 is 1.47 bits per heavy atom. The van der Waals surface area contributed by atoms with Crippen LogP contribution in [0.25, 0.3) is 0 Å². The van der Waals surface area contributed by atoms with Gasteiger partial charge in [-0.3, -0.25) is 0 Å². The van der Waals surface area contributed by atoms with Gasteiger partial charge in [0, 0.05) is 18.0 Å². The maximum Gasteiger partial charge on any atom is 0.317 e. The Bertz CT molecular complexity index is 335. The fraction of sp³-hybridized carbons (Fsp3) is 0.615. The summed E-state index contributed by atoms with van der Waals surface area (Å²) in [6, 6.07) is 4.31. The Balaban J connectivity index is 2.36. The van der Waals surface area contributed by atoms with Gasteiger partial charge in [-0.1, -0.05) is 19.9 Å². The lowest BCUT2D eigenvalue weighted by atomic mass is 10.0. The molecule has 1 atom stereocenters. The molecule has 1 N–H and O–H groups in total. The standard InChI is InChI=1S/C13H22N2OS/c1-10(2)8-11(3)15(4)13(16)14-9-12-6-5-7-17-12/h5-7,10-11H,8-9H2,1-4H3,(H,14,16)/t11-/m0/s1. The molecule has 3 nitrogen and oxygen atoms in total. The van der Waals surface area contributed by atoms with Crippen molar-refractivity contribution in [3.8, 4) is 0 Å². The summed E-state index contributed by atoms with van der Waals surface area (Å²) in [6.07, 6.45) is 1.03. The van der Waals surface area contributed by atoms with Gasteiger partial charge in [-0.05, 0) is 30.7 Å². The maximum atomic E-state index is 11.9. The molecule has 0 aliphatic rings. The molecule has 0 unspecified atom stereocenters. The van der Waals surface area contributed by atoms with E-state index in [-0.39, 0.29) is 12.1 Å². The van der Waals surface area contributed by atoms with Crippen molar-refractivity contribution < 1.29 is 4.79 Å². The minimum atomic E-state index is 0.00606. The van der Waals surface area contributed by atoms with Gasteiger partial charge in [0.05, 0.1) is 6.54 Å². The van der Waals surface area contributed by atoms with E-state index in [4.69, 9.17) is 0 Å². The molecule has 96 valence electrons. The van der Waals surface area contributed by atoms with E-state index >= 15 is 0 Å². The van der Waals surface area contributed by atoms with E-state index < -0.39 is 0 Å². The monoisotopic (exact) mass is 254 g/mol. The van der Waals surface area contributed by atoms with Crippen molar-refractivity contribution in [1.82, 2.24) is 10.2 Å². The minimum absolute atomic E-state index is 0.00606. The molecule has 1 aromatic rings. The van der Waals surface area contributed by atoms with E-state index in [1.165, 1.54) is 4.88 Å². The van der Waals surface area contributed by atoms with Gasteiger partial charge >= 0.3 is 6.03 Å². The summed E-state index contributed by atoms with van der Waals surface area (Å²) in [4.78, 5) is 14.8. The summed E-state index contributed by atoms with van der Waals surface area (Å²) in [7, 11) is 1.86. The third-order valence-electron chi connectivity index (χ3n) is 2.79. The van der Waals surface area contributed by atoms with E-state index in [0.29, 0.717) is 12.5 Å². The Morgan fingerprint density at radius 3 is 2.71 bits per heavy atom. The van der Waals surface area contributed by atoms with Crippen LogP contribution in [0.4, 0.5) is 4.79 Å². The number of hydrogen-bond donors (Lipinski definition) is 1. The van der Waals surface area contributed by atoms with Crippen LogP contribution in [0.2, 0.25) is 0 Å². The number of hydrogen-bond acceptors (Lipinski definition) is 2. The molecule has 0 spiro atoms. The largest absolute Gasteiger partial charge is 0.333 e. The van der Waals surface area contributed by atoms with Gasteiger partial charge < -0.3 is 10.2 Å². The van der Waals surface area contributed by atoms with Crippen molar-refractivity contribution in [2.45, 2.75) is 39.8 Å². The molecule has 1 heterocycles. The van der Waals surface area contributed by atoms with Gasteiger partial charge in [0.2, 0.25) is 0 Å². The molecular formula is C13H22N2OS. The van der Waals surface area contributed by atoms with Gasteiger partial charge in [0.25, 0.3) is 0 Å². The number of carbonyl (C=O) groups excluding carboxylic acids is 1. The summed E-state index contributed by atoms with van der Waals surface area (Å²) >= 11 is 1.66. The number of thiophene rings is 1. The molecule has 0 radical (unpaired) electrons. The van der Waals surface area contributed by atoms with E-state index in [1.807, 2.05) is 24.6 Å². The third kappa shape index (κ3) is 4.77. The smallest absolute Gasteiger partial charge is 0.317 e. The molecule has 0 aliphatic carbocycles. The molecule has 17 heavy (non-hydrogen) atoms. The Hall–Kier alpha value is -1.03. The topological polar surface area (TPSA) is 32.3 Å². The highest BCUT2D eigenvalue weighted by Gasteiger charge is 2.16. The van der Waals surface area contributed by atoms with E-state index in [9.17, 15) is 4.79 Å². The van der Waals surface area contributed by atoms with Crippen LogP contribution in [0.3, 0.4) is 0 Å². The number of nitrogens with zero attached hydrogens (tertiary/aromatic N) is 1. The lowest BCUT2D eigenvalue weighted by Gasteiger charge is -2.26. The van der Waals surface area contributed by atoms with Crippen LogP contribution in [0.15, 0.2) is 17.5 Å². The first kappa shape index (κ1) is 14.0. The molecule has 0 aromatic carbocycles. The lowest BCUT2D eigenvalue weighted by molar-refractivity contribution is 0.186. The first-order valence-corrected chi connectivity index (χ1v) is 6.91. The fourth-order valence-corrected chi connectivity index (χ4v) is 2.39. The average Bonchev–Trinajstić information content (AvgIpc) is 2.76. The first-order valence-electron chi connectivity index (χ1n) is 6.03. The van der Waals surface area contributed by atoms with Crippen molar-refractivity contribution >= 4 is 17.4 Å². The number of carbonyl (C=O) groups is 1. The normalized spacial score (nSPS) is 12.5. The summed E-state index contributed by atoms with van der Waals surface area (Å²) < 4.78 is 0. The van der Waals surface area contributed by atoms with Crippen molar-refractivity contribution in [2.24, 2.45) is 5.92 Å². The van der Waals surface area contributed by atoms with Crippen LogP contribution in [-0.2, 0) is 6.54 Å². The second kappa shape index (κ2) is 6.64. The summed E-state index contributed by atoms with van der Waals surface area (Å²) in [5.41, 5.74) is 0. The van der Waals surface area contributed by atoms with Gasteiger partial charge in [-0.2, -0.15) is 0 Å². The Labute approximate surface area is 108 Å². The minimum Gasteiger partial charge on any atom is -0.333 e. The Kier molecular flexibility index (Phi) is 5.48. The zero-order valence-corrected chi connectivity index (χ0v) is 11.9. The Morgan fingerprint density at radius 2 is 2.18 bits per heavy atom. The first-order chi connectivity index (χ1) is 8.00. The third-order valence-corrected chi connectivity index (χ3v) is 3.66. The number of nitrogens with one attached hydrogen (secondary N) is 1. The average molecular weight is 254 g/mol. The highest BCUT2D eigenvalue weighted by atomic mass is 32.1. The molecular weight excluding hydrogens is 232 g/mol. The highest BCUT2D eigenvalue weighted by Crippen LogP contribution is 2.11. The molecule has 2 amide bonds. The second-order valence-corrected chi connectivity index (χ2v) is 5.86. The number of rotatable bonds is 5. The summed E-state index contributed by atoms with van der Waals surface area (Å²) in [5, 5.41) is 4.96. The predicted octanol–water partition coefficient (Wildman–Crippen LogP) is 3.32. The van der Waals surface area contributed by atoms with Crippen molar-refractivity contribution in [3.63, 3.8) is 0 Å². The van der Waals surface area contributed by atoms with Crippen molar-refractivity contribution in [3.05, 3.63) is 22.4 Å².